The number of hydrogen-bond acceptors (Lipinski definition) is 3. The highest BCUT2D eigenvalue weighted by molar-refractivity contribution is 5.76. The highest BCUT2D eigenvalue weighted by Gasteiger charge is 2.25. The van der Waals surface area contributed by atoms with E-state index in [2.05, 4.69) is 6.92 Å². The Bertz CT molecular complexity index is 197. The highest BCUT2D eigenvalue weighted by atomic mass is 16.5. The molecule has 0 saturated carbocycles. The van der Waals surface area contributed by atoms with E-state index in [1.165, 1.54) is 0 Å². The fourth-order valence-electron chi connectivity index (χ4n) is 1.85. The third kappa shape index (κ3) is 3.80. The van der Waals surface area contributed by atoms with Crippen LogP contribution in [0.15, 0.2) is 0 Å². The van der Waals surface area contributed by atoms with Crippen LogP contribution in [0.3, 0.4) is 0 Å². The van der Waals surface area contributed by atoms with Crippen LogP contribution in [0.25, 0.3) is 0 Å². The molecule has 1 heterocycles. The van der Waals surface area contributed by atoms with Gasteiger partial charge >= 0.3 is 0 Å². The minimum absolute atomic E-state index is 0.0906. The van der Waals surface area contributed by atoms with Crippen molar-refractivity contribution >= 4 is 5.91 Å². The summed E-state index contributed by atoms with van der Waals surface area (Å²) in [5, 5.41) is 0. The Morgan fingerprint density at radius 1 is 1.53 bits per heavy atom. The Morgan fingerprint density at radius 3 is 3.00 bits per heavy atom. The maximum atomic E-state index is 11.9. The lowest BCUT2D eigenvalue weighted by molar-refractivity contribution is -0.139. The normalized spacial score (nSPS) is 21.7. The zero-order chi connectivity index (χ0) is 11.1. The molecule has 0 aromatic rings. The number of rotatable bonds is 5. The summed E-state index contributed by atoms with van der Waals surface area (Å²) in [7, 11) is 0. The number of hydrogen-bond donors (Lipinski definition) is 1. The van der Waals surface area contributed by atoms with Gasteiger partial charge in [0.2, 0.25) is 5.91 Å². The molecule has 1 unspecified atom stereocenters. The van der Waals surface area contributed by atoms with Gasteiger partial charge in [0.1, 0.15) is 0 Å². The van der Waals surface area contributed by atoms with Gasteiger partial charge < -0.3 is 15.4 Å². The quantitative estimate of drug-likeness (QED) is 0.687. The number of carbonyl (C=O) groups excluding carboxylic acids is 1. The first-order chi connectivity index (χ1) is 7.29. The molecular weight excluding hydrogens is 192 g/mol. The van der Waals surface area contributed by atoms with Crippen LogP contribution < -0.4 is 5.73 Å². The summed E-state index contributed by atoms with van der Waals surface area (Å²) in [4.78, 5) is 13.7. The van der Waals surface area contributed by atoms with Crippen molar-refractivity contribution < 1.29 is 9.53 Å². The number of morpholine rings is 1. The van der Waals surface area contributed by atoms with Gasteiger partial charge in [-0.3, -0.25) is 4.79 Å². The molecule has 2 N–H and O–H groups in total. The third-order valence-electron chi connectivity index (χ3n) is 2.81. The first-order valence-electron chi connectivity index (χ1n) is 5.86. The Balaban J connectivity index is 2.34. The summed E-state index contributed by atoms with van der Waals surface area (Å²) in [6, 6.07) is 0.0906. The Kier molecular flexibility index (Phi) is 5.65. The summed E-state index contributed by atoms with van der Waals surface area (Å²) < 4.78 is 5.31. The van der Waals surface area contributed by atoms with Crippen molar-refractivity contribution in [2.24, 2.45) is 5.73 Å². The molecule has 88 valence electrons. The lowest BCUT2D eigenvalue weighted by atomic mass is 10.1. The Labute approximate surface area is 91.8 Å². The molecule has 15 heavy (non-hydrogen) atoms. The molecule has 4 nitrogen and oxygen atoms in total. The lowest BCUT2D eigenvalue weighted by Crippen LogP contribution is -2.51. The van der Waals surface area contributed by atoms with Crippen LogP contribution in [-0.2, 0) is 9.53 Å². The zero-order valence-corrected chi connectivity index (χ0v) is 9.58. The van der Waals surface area contributed by atoms with Crippen molar-refractivity contribution in [3.63, 3.8) is 0 Å². The van der Waals surface area contributed by atoms with Gasteiger partial charge in [0.05, 0.1) is 19.3 Å². The second-order valence-corrected chi connectivity index (χ2v) is 4.01. The molecule has 1 aliphatic rings. The molecule has 0 aliphatic carbocycles. The van der Waals surface area contributed by atoms with Gasteiger partial charge in [-0.25, -0.2) is 0 Å². The SMILES string of the molecule is CCCCCC(=O)N1CCOCC1CN. The van der Waals surface area contributed by atoms with Crippen LogP contribution in [0.5, 0.6) is 0 Å². The molecule has 1 aliphatic heterocycles. The number of unbranched alkanes of at least 4 members (excludes halogenated alkanes) is 2. The molecule has 1 rings (SSSR count). The molecule has 0 aromatic carbocycles. The van der Waals surface area contributed by atoms with E-state index in [1.807, 2.05) is 4.90 Å². The van der Waals surface area contributed by atoms with Crippen LogP contribution >= 0.6 is 0 Å². The Hall–Kier alpha value is -0.610. The minimum Gasteiger partial charge on any atom is -0.377 e. The fourth-order valence-corrected chi connectivity index (χ4v) is 1.85. The summed E-state index contributed by atoms with van der Waals surface area (Å²) >= 11 is 0. The van der Waals surface area contributed by atoms with Gasteiger partial charge in [-0.2, -0.15) is 0 Å². The number of amides is 1. The lowest BCUT2D eigenvalue weighted by Gasteiger charge is -2.35. The van der Waals surface area contributed by atoms with Gasteiger partial charge in [0.15, 0.2) is 0 Å². The monoisotopic (exact) mass is 214 g/mol. The summed E-state index contributed by atoms with van der Waals surface area (Å²) in [6.07, 6.45) is 3.93. The first-order valence-corrected chi connectivity index (χ1v) is 5.86. The fraction of sp³-hybridized carbons (Fsp3) is 0.909. The van der Waals surface area contributed by atoms with Crippen LogP contribution in [-0.4, -0.2) is 43.2 Å². The maximum absolute atomic E-state index is 11.9. The van der Waals surface area contributed by atoms with Crippen LogP contribution in [0.1, 0.15) is 32.6 Å². The van der Waals surface area contributed by atoms with E-state index in [9.17, 15) is 4.79 Å². The van der Waals surface area contributed by atoms with Crippen LogP contribution in [0.4, 0.5) is 0 Å². The Morgan fingerprint density at radius 2 is 2.33 bits per heavy atom. The molecular formula is C11H22N2O2. The predicted molar refractivity (Wildman–Crippen MR) is 59.5 cm³/mol. The van der Waals surface area contributed by atoms with Crippen molar-refractivity contribution in [3.8, 4) is 0 Å². The second-order valence-electron chi connectivity index (χ2n) is 4.01. The highest BCUT2D eigenvalue weighted by Crippen LogP contribution is 2.10. The van der Waals surface area contributed by atoms with Crippen LogP contribution in [0, 0.1) is 0 Å². The van der Waals surface area contributed by atoms with Gasteiger partial charge in [-0.15, -0.1) is 0 Å². The summed E-state index contributed by atoms with van der Waals surface area (Å²) in [5.74, 6) is 0.238. The minimum atomic E-state index is 0.0906. The van der Waals surface area contributed by atoms with Crippen molar-refractivity contribution in [1.82, 2.24) is 4.90 Å². The smallest absolute Gasteiger partial charge is 0.223 e. The summed E-state index contributed by atoms with van der Waals surface area (Å²) in [5.41, 5.74) is 5.61. The van der Waals surface area contributed by atoms with Crippen molar-refractivity contribution in [2.75, 3.05) is 26.3 Å². The standard InChI is InChI=1S/C11H22N2O2/c1-2-3-4-5-11(14)13-6-7-15-9-10(13)8-12/h10H,2-9,12H2,1H3. The van der Waals surface area contributed by atoms with Crippen molar-refractivity contribution in [1.29, 1.82) is 0 Å². The van der Waals surface area contributed by atoms with Crippen LogP contribution in [0.2, 0.25) is 0 Å². The topological polar surface area (TPSA) is 55.6 Å². The van der Waals surface area contributed by atoms with Crippen molar-refractivity contribution in [3.05, 3.63) is 0 Å². The van der Waals surface area contributed by atoms with E-state index in [0.717, 1.165) is 19.3 Å². The predicted octanol–water partition coefficient (Wildman–Crippen LogP) is 0.753. The molecule has 0 bridgehead atoms. The molecule has 1 amide bonds. The van der Waals surface area contributed by atoms with Gasteiger partial charge in [0.25, 0.3) is 0 Å². The van der Waals surface area contributed by atoms with E-state index in [4.69, 9.17) is 10.5 Å². The largest absolute Gasteiger partial charge is 0.377 e. The number of carbonyl (C=O) groups is 1. The molecule has 1 saturated heterocycles. The molecule has 1 fully saturated rings. The van der Waals surface area contributed by atoms with E-state index < -0.39 is 0 Å². The number of ether oxygens (including phenoxy) is 1. The zero-order valence-electron chi connectivity index (χ0n) is 9.58. The summed E-state index contributed by atoms with van der Waals surface area (Å²) in [6.45, 7) is 4.58. The third-order valence-corrected chi connectivity index (χ3v) is 2.81. The number of nitrogens with zero attached hydrogens (tertiary/aromatic N) is 1. The van der Waals surface area contributed by atoms with Gasteiger partial charge in [-0.1, -0.05) is 19.8 Å². The van der Waals surface area contributed by atoms with E-state index in [1.54, 1.807) is 0 Å². The maximum Gasteiger partial charge on any atom is 0.223 e. The first kappa shape index (κ1) is 12.5. The molecule has 0 radical (unpaired) electrons. The van der Waals surface area contributed by atoms with Gasteiger partial charge in [0, 0.05) is 19.5 Å². The van der Waals surface area contributed by atoms with Gasteiger partial charge in [-0.05, 0) is 6.42 Å². The van der Waals surface area contributed by atoms with E-state index in [-0.39, 0.29) is 11.9 Å². The number of nitrogens with two attached hydrogens (primary N) is 1. The molecule has 4 heteroatoms. The molecule has 0 aromatic heterocycles. The second kappa shape index (κ2) is 6.80. The van der Waals surface area contributed by atoms with E-state index in [0.29, 0.717) is 32.7 Å². The van der Waals surface area contributed by atoms with Crippen molar-refractivity contribution in [2.45, 2.75) is 38.6 Å². The average molecular weight is 214 g/mol. The average Bonchev–Trinajstić information content (AvgIpc) is 2.29. The molecule has 1 atom stereocenters. The van der Waals surface area contributed by atoms with E-state index >= 15 is 0 Å². The molecule has 0 spiro atoms.